The molecule has 1 nitrogen and oxygen atoms in total. The fourth-order valence-corrected chi connectivity index (χ4v) is 2.49. The van der Waals surface area contributed by atoms with Crippen LogP contribution >= 0.6 is 0 Å². The highest BCUT2D eigenvalue weighted by Gasteiger charge is 2.41. The molecule has 0 saturated heterocycles. The predicted molar refractivity (Wildman–Crippen MR) is 61.2 cm³/mol. The molecule has 0 radical (unpaired) electrons. The maximum absolute atomic E-state index is 10.1. The van der Waals surface area contributed by atoms with Crippen molar-refractivity contribution >= 4 is 0 Å². The Hall–Kier alpha value is -0.300. The van der Waals surface area contributed by atoms with Crippen LogP contribution in [0.25, 0.3) is 0 Å². The molecule has 0 amide bonds. The second-order valence-corrected chi connectivity index (χ2v) is 4.70. The van der Waals surface area contributed by atoms with Crippen LogP contribution in [-0.4, -0.2) is 11.2 Å². The smallest absolute Gasteiger partial charge is 0.0599 e. The van der Waals surface area contributed by atoms with E-state index >= 15 is 0 Å². The third-order valence-corrected chi connectivity index (χ3v) is 3.73. The molecule has 1 atom stereocenters. The van der Waals surface area contributed by atoms with Gasteiger partial charge in [0.2, 0.25) is 0 Å². The lowest BCUT2D eigenvalue weighted by Gasteiger charge is -2.46. The normalized spacial score (nSPS) is 21.3. The summed E-state index contributed by atoms with van der Waals surface area (Å²) in [5.41, 5.74) is 0.291. The van der Waals surface area contributed by atoms with E-state index in [0.717, 1.165) is 12.8 Å². The number of allylic oxidation sites excluding steroid dienone is 1. The van der Waals surface area contributed by atoms with Crippen LogP contribution in [0.15, 0.2) is 12.7 Å². The minimum atomic E-state index is -0.0826. The molecule has 1 heteroatoms. The fourth-order valence-electron chi connectivity index (χ4n) is 2.49. The maximum Gasteiger partial charge on any atom is 0.0599 e. The SMILES string of the molecule is C=CCCC(O)C1(CCCC)CCC1. The standard InChI is InChI=1S/C13H24O/c1-3-5-8-12(14)13(9-6-4-2)10-7-11-13/h3,12,14H,1,4-11H2,2H3. The largest absolute Gasteiger partial charge is 0.393 e. The van der Waals surface area contributed by atoms with Gasteiger partial charge in [0.15, 0.2) is 0 Å². The summed E-state index contributed by atoms with van der Waals surface area (Å²) in [6.45, 7) is 5.93. The van der Waals surface area contributed by atoms with E-state index in [1.165, 1.54) is 38.5 Å². The highest BCUT2D eigenvalue weighted by Crippen LogP contribution is 2.49. The predicted octanol–water partition coefficient (Wildman–Crippen LogP) is 3.67. The third-order valence-electron chi connectivity index (χ3n) is 3.73. The van der Waals surface area contributed by atoms with Crippen molar-refractivity contribution < 1.29 is 5.11 Å². The van der Waals surface area contributed by atoms with Crippen LogP contribution in [0.1, 0.15) is 58.3 Å². The molecule has 82 valence electrons. The molecule has 0 aromatic carbocycles. The molecule has 0 heterocycles. The van der Waals surface area contributed by atoms with Gasteiger partial charge in [0.05, 0.1) is 6.10 Å². The van der Waals surface area contributed by atoms with Gasteiger partial charge in [-0.25, -0.2) is 0 Å². The quantitative estimate of drug-likeness (QED) is 0.616. The van der Waals surface area contributed by atoms with Gasteiger partial charge in [0.1, 0.15) is 0 Å². The van der Waals surface area contributed by atoms with Crippen molar-refractivity contribution in [3.8, 4) is 0 Å². The van der Waals surface area contributed by atoms with E-state index in [2.05, 4.69) is 13.5 Å². The van der Waals surface area contributed by atoms with Crippen molar-refractivity contribution in [3.05, 3.63) is 12.7 Å². The number of aliphatic hydroxyl groups excluding tert-OH is 1. The average Bonchev–Trinajstić information content (AvgIpc) is 2.13. The molecule has 0 spiro atoms. The van der Waals surface area contributed by atoms with E-state index in [0.29, 0.717) is 5.41 Å². The van der Waals surface area contributed by atoms with Gasteiger partial charge in [0, 0.05) is 0 Å². The second-order valence-electron chi connectivity index (χ2n) is 4.70. The Kier molecular flexibility index (Phi) is 4.67. The van der Waals surface area contributed by atoms with Crippen LogP contribution in [0.5, 0.6) is 0 Å². The van der Waals surface area contributed by atoms with Gasteiger partial charge in [-0.05, 0) is 37.5 Å². The third kappa shape index (κ3) is 2.60. The van der Waals surface area contributed by atoms with E-state index in [9.17, 15) is 5.11 Å². The average molecular weight is 196 g/mol. The lowest BCUT2D eigenvalue weighted by atomic mass is 9.61. The van der Waals surface area contributed by atoms with E-state index in [4.69, 9.17) is 0 Å². The van der Waals surface area contributed by atoms with E-state index in [1.54, 1.807) is 0 Å². The molecular weight excluding hydrogens is 172 g/mol. The zero-order chi connectivity index (χ0) is 10.4. The van der Waals surface area contributed by atoms with Gasteiger partial charge < -0.3 is 5.11 Å². The first kappa shape index (κ1) is 11.8. The molecule has 1 unspecified atom stereocenters. The van der Waals surface area contributed by atoms with Crippen LogP contribution in [0, 0.1) is 5.41 Å². The summed E-state index contributed by atoms with van der Waals surface area (Å²) in [4.78, 5) is 0. The molecule has 1 aliphatic rings. The Morgan fingerprint density at radius 2 is 2.21 bits per heavy atom. The minimum absolute atomic E-state index is 0.0826. The van der Waals surface area contributed by atoms with Gasteiger partial charge >= 0.3 is 0 Å². The van der Waals surface area contributed by atoms with Gasteiger partial charge in [-0.15, -0.1) is 6.58 Å². The summed E-state index contributed by atoms with van der Waals surface area (Å²) in [6, 6.07) is 0. The zero-order valence-corrected chi connectivity index (χ0v) is 9.47. The van der Waals surface area contributed by atoms with E-state index in [-0.39, 0.29) is 6.10 Å². The lowest BCUT2D eigenvalue weighted by molar-refractivity contribution is -0.0461. The van der Waals surface area contributed by atoms with Crippen molar-refractivity contribution in [1.29, 1.82) is 0 Å². The van der Waals surface area contributed by atoms with Gasteiger partial charge in [-0.3, -0.25) is 0 Å². The number of hydrogen-bond acceptors (Lipinski definition) is 1. The van der Waals surface area contributed by atoms with Crippen molar-refractivity contribution in [3.63, 3.8) is 0 Å². The molecule has 1 fully saturated rings. The first-order valence-electron chi connectivity index (χ1n) is 6.04. The Morgan fingerprint density at radius 1 is 1.50 bits per heavy atom. The molecule has 1 rings (SSSR count). The van der Waals surface area contributed by atoms with Crippen LogP contribution < -0.4 is 0 Å². The highest BCUT2D eigenvalue weighted by molar-refractivity contribution is 4.94. The second kappa shape index (κ2) is 5.55. The molecular formula is C13H24O. The lowest BCUT2D eigenvalue weighted by Crippen LogP contribution is -2.41. The Balaban J connectivity index is 2.37. The fraction of sp³-hybridized carbons (Fsp3) is 0.846. The summed E-state index contributed by atoms with van der Waals surface area (Å²) in [7, 11) is 0. The Morgan fingerprint density at radius 3 is 2.64 bits per heavy atom. The molecule has 0 aromatic rings. The maximum atomic E-state index is 10.1. The molecule has 0 aliphatic heterocycles. The van der Waals surface area contributed by atoms with Crippen LogP contribution in [0.4, 0.5) is 0 Å². The van der Waals surface area contributed by atoms with Crippen molar-refractivity contribution in [2.24, 2.45) is 5.41 Å². The summed E-state index contributed by atoms with van der Waals surface area (Å²) >= 11 is 0. The molecule has 1 N–H and O–H groups in total. The van der Waals surface area contributed by atoms with Gasteiger partial charge in [-0.2, -0.15) is 0 Å². The van der Waals surface area contributed by atoms with Crippen LogP contribution in [0.2, 0.25) is 0 Å². The van der Waals surface area contributed by atoms with Crippen molar-refractivity contribution in [1.82, 2.24) is 0 Å². The molecule has 1 aliphatic carbocycles. The van der Waals surface area contributed by atoms with Crippen molar-refractivity contribution in [2.45, 2.75) is 64.4 Å². The van der Waals surface area contributed by atoms with Gasteiger partial charge in [0.25, 0.3) is 0 Å². The number of aliphatic hydroxyl groups is 1. The monoisotopic (exact) mass is 196 g/mol. The molecule has 1 saturated carbocycles. The summed E-state index contributed by atoms with van der Waals surface area (Å²) in [6.07, 6.45) is 11.2. The summed E-state index contributed by atoms with van der Waals surface area (Å²) in [5.74, 6) is 0. The zero-order valence-electron chi connectivity index (χ0n) is 9.47. The minimum Gasteiger partial charge on any atom is -0.393 e. The molecule has 0 bridgehead atoms. The van der Waals surface area contributed by atoms with E-state index < -0.39 is 0 Å². The number of hydrogen-bond donors (Lipinski definition) is 1. The van der Waals surface area contributed by atoms with Gasteiger partial charge in [-0.1, -0.05) is 32.3 Å². The number of rotatable bonds is 7. The summed E-state index contributed by atoms with van der Waals surface area (Å²) < 4.78 is 0. The summed E-state index contributed by atoms with van der Waals surface area (Å²) in [5, 5.41) is 10.1. The topological polar surface area (TPSA) is 20.2 Å². The first-order chi connectivity index (χ1) is 6.75. The van der Waals surface area contributed by atoms with E-state index in [1.807, 2.05) is 6.08 Å². The Labute approximate surface area is 88.2 Å². The number of unbranched alkanes of at least 4 members (excludes halogenated alkanes) is 1. The first-order valence-corrected chi connectivity index (χ1v) is 6.04. The van der Waals surface area contributed by atoms with Crippen molar-refractivity contribution in [2.75, 3.05) is 0 Å². The van der Waals surface area contributed by atoms with Crippen LogP contribution in [0.3, 0.4) is 0 Å². The highest BCUT2D eigenvalue weighted by atomic mass is 16.3. The molecule has 0 aromatic heterocycles. The Bertz CT molecular complexity index is 170. The molecule has 14 heavy (non-hydrogen) atoms. The van der Waals surface area contributed by atoms with Crippen LogP contribution in [-0.2, 0) is 0 Å².